The molecule has 4 aromatic rings. The molecule has 18 heteroatoms. The normalized spacial score (nSPS) is 13.5. The van der Waals surface area contributed by atoms with Crippen LogP contribution in [0, 0.1) is 20.2 Å². The third-order valence-corrected chi connectivity index (χ3v) is 11.5. The third-order valence-electron chi connectivity index (χ3n) is 7.94. The summed E-state index contributed by atoms with van der Waals surface area (Å²) in [7, 11) is -1.12. The molecule has 5 rings (SSSR count). The summed E-state index contributed by atoms with van der Waals surface area (Å²) in [5, 5.41) is 4.08. The number of hydrogen-bond donors (Lipinski definition) is 0. The van der Waals surface area contributed by atoms with Crippen LogP contribution in [-0.2, 0) is 66.8 Å². The number of halogens is 1. The maximum atomic E-state index is 15.1. The molecule has 1 aliphatic rings. The molecule has 1 aromatic carbocycles. The molecule has 3 heterocycles. The summed E-state index contributed by atoms with van der Waals surface area (Å²) >= 11 is 0.707. The van der Waals surface area contributed by atoms with Crippen molar-refractivity contribution < 1.29 is 54.3 Å². The van der Waals surface area contributed by atoms with Crippen molar-refractivity contribution in [1.29, 1.82) is 0 Å². The van der Waals surface area contributed by atoms with Crippen LogP contribution >= 0.6 is 11.3 Å². The van der Waals surface area contributed by atoms with E-state index in [0.717, 1.165) is 8.87 Å². The van der Waals surface area contributed by atoms with Crippen molar-refractivity contribution >= 4 is 49.8 Å². The molecule has 0 aliphatic heterocycles. The smallest absolute Gasteiger partial charge is 0.649 e. The van der Waals surface area contributed by atoms with Gasteiger partial charge < -0.3 is 33.5 Å². The fourth-order valence-corrected chi connectivity index (χ4v) is 8.29. The number of benzene rings is 1. The van der Waals surface area contributed by atoms with Gasteiger partial charge >= 0.3 is 34.2 Å². The minimum absolute atomic E-state index is 0. The summed E-state index contributed by atoms with van der Waals surface area (Å²) in [6.45, 7) is 17.1. The Morgan fingerprint density at radius 1 is 1.07 bits per heavy atom. The number of sulfonamides is 1. The van der Waals surface area contributed by atoms with Crippen LogP contribution in [-0.4, -0.2) is 74.5 Å². The number of hydrogen-bond acceptors (Lipinski definition) is 11. The zero-order chi connectivity index (χ0) is 39.0. The van der Waals surface area contributed by atoms with Crippen LogP contribution in [0.1, 0.15) is 72.4 Å². The van der Waals surface area contributed by atoms with Crippen molar-refractivity contribution in [2.24, 2.45) is 7.05 Å². The molecule has 1 amide bonds. The van der Waals surface area contributed by atoms with Crippen LogP contribution in [0.4, 0.5) is 14.9 Å². The number of anilines is 1. The van der Waals surface area contributed by atoms with Gasteiger partial charge in [-0.3, -0.25) is 18.6 Å². The molecule has 0 radical (unpaired) electrons. The molecule has 1 fully saturated rings. The predicted octanol–water partition coefficient (Wildman–Crippen LogP) is 5.26. The van der Waals surface area contributed by atoms with E-state index in [1.165, 1.54) is 34.1 Å². The number of carbonyl (C=O) groups excluding carboxylic acids is 2. The maximum absolute atomic E-state index is 15.1. The first-order valence-electron chi connectivity index (χ1n) is 16.4. The summed E-state index contributed by atoms with van der Waals surface area (Å²) < 4.78 is 57.4. The summed E-state index contributed by atoms with van der Waals surface area (Å²) in [5.74, 6) is -0.522. The van der Waals surface area contributed by atoms with Gasteiger partial charge in [-0.2, -0.15) is 17.8 Å². The Morgan fingerprint density at radius 2 is 1.69 bits per heavy atom. The Bertz CT molecular complexity index is 2190. The Hall–Kier alpha value is -3.77. The molecular weight excluding hydrogens is 925 g/mol. The van der Waals surface area contributed by atoms with E-state index in [0.29, 0.717) is 47.5 Å². The minimum atomic E-state index is -4.51. The first kappa shape index (κ1) is 46.4. The van der Waals surface area contributed by atoms with Gasteiger partial charge in [-0.05, 0) is 85.1 Å². The van der Waals surface area contributed by atoms with Crippen molar-refractivity contribution in [3.05, 3.63) is 88.8 Å². The second kappa shape index (κ2) is 17.4. The van der Waals surface area contributed by atoms with E-state index in [4.69, 9.17) is 4.74 Å². The van der Waals surface area contributed by atoms with E-state index in [9.17, 15) is 27.6 Å². The van der Waals surface area contributed by atoms with E-state index >= 15 is 4.39 Å². The molecule has 0 saturated heterocycles. The minimum Gasteiger partial charge on any atom is -0.649 e. The quantitative estimate of drug-likeness (QED) is 0.152. The predicted molar refractivity (Wildman–Crippen MR) is 203 cm³/mol. The monoisotopic (exact) mass is 972 g/mol. The number of aryl methyl sites for hydroxylation is 1. The van der Waals surface area contributed by atoms with Crippen molar-refractivity contribution in [2.45, 2.75) is 95.3 Å². The molecule has 0 unspecified atom stereocenters. The second-order valence-electron chi connectivity index (χ2n) is 14.8. The molecule has 14 nitrogen and oxygen atoms in total. The SMILES string of the molecule is CC(C)(C)O[C-]=O.[Au+3].[CH2-]CN(C)c1ccc(Cn2c(=O)n(Cc3cnn(C)c3)c(=O)c3cc(S(=O)(=O)N(C(=O)OC(C)(C)C)C4(C)CC4)sc32)cc1F.[CH3-]. The molecule has 0 bridgehead atoms. The number of nitrogens with zero attached hydrogens (tertiary/aromatic N) is 6. The van der Waals surface area contributed by atoms with Crippen molar-refractivity contribution in [2.75, 3.05) is 18.5 Å². The van der Waals surface area contributed by atoms with Gasteiger partial charge in [0.15, 0.2) is 0 Å². The van der Waals surface area contributed by atoms with Gasteiger partial charge in [-0.1, -0.05) is 12.5 Å². The number of thiophene rings is 1. The Kier molecular flexibility index (Phi) is 14.9. The van der Waals surface area contributed by atoms with Gasteiger partial charge in [0.2, 0.25) is 0 Å². The molecule has 1 saturated carbocycles. The Balaban J connectivity index is 0.00000102. The second-order valence-corrected chi connectivity index (χ2v) is 17.9. The van der Waals surface area contributed by atoms with Crippen LogP contribution in [0.25, 0.3) is 10.2 Å². The standard InChI is InChI=1S/C30H36FN6O6S2.C5H9O2.CH3.Au/c1-8-33(6)23-10-9-19(13-22(23)31)17-36-26-21(25(38)35(27(36)39)18-20-15-32-34(7)16-20)14-24(44-26)45(41,42)37(30(5)11-12-30)28(40)43-29(2,3)4;1-5(2,3)7-4-6;;/h9-10,13-16H,1,8,11-12,17-18H2,2-7H3;1-3H3;1H3;/q3*-1;+3. The van der Waals surface area contributed by atoms with E-state index in [-0.39, 0.29) is 62.9 Å². The zero-order valence-corrected chi connectivity index (χ0v) is 36.0. The Morgan fingerprint density at radius 3 is 2.15 bits per heavy atom. The van der Waals surface area contributed by atoms with Crippen LogP contribution in [0.15, 0.2) is 50.5 Å². The average Bonchev–Trinajstić information content (AvgIpc) is 3.38. The zero-order valence-electron chi connectivity index (χ0n) is 32.2. The molecule has 0 N–H and O–H groups in total. The summed E-state index contributed by atoms with van der Waals surface area (Å²) in [4.78, 5) is 52.1. The number of ether oxygens (including phenoxy) is 2. The van der Waals surface area contributed by atoms with Gasteiger partial charge in [0, 0.05) is 25.9 Å². The largest absolute Gasteiger partial charge is 3.00 e. The Labute approximate surface area is 335 Å². The first-order valence-corrected chi connectivity index (χ1v) is 18.6. The van der Waals surface area contributed by atoms with Crippen molar-refractivity contribution in [3.8, 4) is 0 Å². The van der Waals surface area contributed by atoms with Crippen molar-refractivity contribution in [1.82, 2.24) is 23.2 Å². The maximum Gasteiger partial charge on any atom is 3.00 e. The van der Waals surface area contributed by atoms with Crippen LogP contribution in [0.2, 0.25) is 0 Å². The molecule has 1 aliphatic carbocycles. The summed E-state index contributed by atoms with van der Waals surface area (Å²) in [6, 6.07) is 5.72. The van der Waals surface area contributed by atoms with Crippen LogP contribution in [0.3, 0.4) is 0 Å². The number of carbonyl (C=O) groups is 1. The average molecular weight is 973 g/mol. The molecule has 300 valence electrons. The van der Waals surface area contributed by atoms with E-state index in [2.05, 4.69) is 16.8 Å². The third kappa shape index (κ3) is 10.7. The summed E-state index contributed by atoms with van der Waals surface area (Å²) in [5.41, 5.74) is -2.40. The van der Waals surface area contributed by atoms with Crippen LogP contribution < -0.4 is 16.1 Å². The van der Waals surface area contributed by atoms with E-state index in [1.54, 1.807) is 85.8 Å². The van der Waals surface area contributed by atoms with Gasteiger partial charge in [0.1, 0.15) is 20.5 Å². The van der Waals surface area contributed by atoms with E-state index in [1.807, 2.05) is 0 Å². The number of rotatable bonds is 10. The van der Waals surface area contributed by atoms with E-state index < -0.39 is 44.3 Å². The fourth-order valence-electron chi connectivity index (χ4n) is 5.09. The molecular formula is C36H48AuFN6O8S2. The molecule has 54 heavy (non-hydrogen) atoms. The summed E-state index contributed by atoms with van der Waals surface area (Å²) in [6.07, 6.45) is 3.06. The van der Waals surface area contributed by atoms with Gasteiger partial charge in [0.25, 0.3) is 15.6 Å². The van der Waals surface area contributed by atoms with Gasteiger partial charge in [-0.15, -0.1) is 17.9 Å². The molecule has 0 spiro atoms. The molecule has 3 aromatic heterocycles. The van der Waals surface area contributed by atoms with Crippen molar-refractivity contribution in [3.63, 3.8) is 0 Å². The van der Waals surface area contributed by atoms with Gasteiger partial charge in [0.05, 0.1) is 41.5 Å². The number of amides is 1. The molecule has 0 atom stereocenters. The fraction of sp³-hybridized carbons (Fsp3) is 0.472. The van der Waals surface area contributed by atoms with Crippen LogP contribution in [0.5, 0.6) is 0 Å². The first-order chi connectivity index (χ1) is 24.0. The number of aromatic nitrogens is 4. The van der Waals surface area contributed by atoms with Gasteiger partial charge in [-0.25, -0.2) is 14.0 Å². The number of fused-ring (bicyclic) bond motifs is 1. The topological polar surface area (TPSA) is 155 Å².